The monoisotopic (exact) mass is 331 g/mol. The van der Waals surface area contributed by atoms with Crippen LogP contribution in [0.2, 0.25) is 0 Å². The maximum atomic E-state index is 11.0. The molecule has 0 aliphatic carbocycles. The highest BCUT2D eigenvalue weighted by Crippen LogP contribution is 2.19. The van der Waals surface area contributed by atoms with Gasteiger partial charge in [-0.1, -0.05) is 39.3 Å². The Morgan fingerprint density at radius 2 is 2.05 bits per heavy atom. The molecular weight excluding hydrogens is 322 g/mol. The first-order valence-electron chi connectivity index (χ1n) is 5.95. The lowest BCUT2D eigenvalue weighted by atomic mass is 10.2. The fourth-order valence-electron chi connectivity index (χ4n) is 2.00. The minimum absolute atomic E-state index is 0.230. The second kappa shape index (κ2) is 5.05. The second-order valence-electron chi connectivity index (χ2n) is 4.35. The van der Waals surface area contributed by atoms with Crippen LogP contribution in [-0.4, -0.2) is 26.1 Å². The summed E-state index contributed by atoms with van der Waals surface area (Å²) in [5, 5.41) is 17.2. The average molecular weight is 332 g/mol. The number of hydrogen-bond acceptors (Lipinski definition) is 3. The molecule has 1 aromatic heterocycles. The molecule has 0 aliphatic rings. The Morgan fingerprint density at radius 3 is 2.80 bits per heavy atom. The zero-order chi connectivity index (χ0) is 14.1. The maximum absolute atomic E-state index is 11.0. The first kappa shape index (κ1) is 12.8. The molecular formula is C14H10BrN3O2. The molecule has 0 aliphatic heterocycles. The third-order valence-electron chi connectivity index (χ3n) is 3.04. The van der Waals surface area contributed by atoms with Crippen LogP contribution in [-0.2, 0) is 6.54 Å². The Bertz CT molecular complexity index is 798. The topological polar surface area (TPSA) is 68.0 Å². The zero-order valence-electron chi connectivity index (χ0n) is 10.3. The van der Waals surface area contributed by atoms with Crippen LogP contribution in [0.1, 0.15) is 15.9 Å². The van der Waals surface area contributed by atoms with Crippen molar-refractivity contribution in [3.63, 3.8) is 0 Å². The van der Waals surface area contributed by atoms with Gasteiger partial charge in [-0.3, -0.25) is 0 Å². The van der Waals surface area contributed by atoms with Crippen LogP contribution in [0, 0.1) is 0 Å². The van der Waals surface area contributed by atoms with Crippen molar-refractivity contribution in [1.82, 2.24) is 15.0 Å². The van der Waals surface area contributed by atoms with Gasteiger partial charge in [0.25, 0.3) is 0 Å². The lowest BCUT2D eigenvalue weighted by Gasteiger charge is -2.05. The van der Waals surface area contributed by atoms with E-state index in [1.807, 2.05) is 24.3 Å². The molecule has 0 spiro atoms. The molecule has 3 aromatic rings. The number of hydrogen-bond donors (Lipinski definition) is 1. The van der Waals surface area contributed by atoms with Gasteiger partial charge in [-0.2, -0.15) is 0 Å². The number of carboxylic acid groups (broad SMARTS) is 1. The Hall–Kier alpha value is -2.21. The summed E-state index contributed by atoms with van der Waals surface area (Å²) in [6.07, 6.45) is 0. The minimum atomic E-state index is -0.958. The van der Waals surface area contributed by atoms with Gasteiger partial charge in [0.2, 0.25) is 0 Å². The highest BCUT2D eigenvalue weighted by atomic mass is 79.9. The van der Waals surface area contributed by atoms with Gasteiger partial charge < -0.3 is 5.11 Å². The molecule has 0 saturated heterocycles. The number of benzene rings is 2. The molecule has 20 heavy (non-hydrogen) atoms. The summed E-state index contributed by atoms with van der Waals surface area (Å²) in [5.41, 5.74) is 2.68. The van der Waals surface area contributed by atoms with Crippen LogP contribution in [0.4, 0.5) is 0 Å². The first-order valence-corrected chi connectivity index (χ1v) is 6.74. The third kappa shape index (κ3) is 2.30. The Labute approximate surface area is 123 Å². The molecule has 2 aromatic carbocycles. The molecule has 0 unspecified atom stereocenters. The lowest BCUT2D eigenvalue weighted by Crippen LogP contribution is -2.03. The Kier molecular flexibility index (Phi) is 3.23. The number of carbonyl (C=O) groups is 1. The minimum Gasteiger partial charge on any atom is -0.478 e. The molecule has 0 radical (unpaired) electrons. The van der Waals surface area contributed by atoms with Gasteiger partial charge in [-0.25, -0.2) is 9.48 Å². The van der Waals surface area contributed by atoms with Crippen molar-refractivity contribution in [2.45, 2.75) is 6.54 Å². The summed E-state index contributed by atoms with van der Waals surface area (Å²) in [4.78, 5) is 11.0. The van der Waals surface area contributed by atoms with Crippen LogP contribution < -0.4 is 0 Å². The summed E-state index contributed by atoms with van der Waals surface area (Å²) in [6.45, 7) is 0.529. The normalized spacial score (nSPS) is 10.8. The summed E-state index contributed by atoms with van der Waals surface area (Å²) in [5.74, 6) is -0.958. The molecule has 0 atom stereocenters. The van der Waals surface area contributed by atoms with Crippen LogP contribution in [0.25, 0.3) is 11.0 Å². The van der Waals surface area contributed by atoms with Crippen LogP contribution in [0.5, 0.6) is 0 Å². The Balaban J connectivity index is 2.06. The standard InChI is InChI=1S/C14H10BrN3O2/c15-11-4-2-1-3-10(11)8-18-13-7-9(14(19)20)5-6-12(13)16-17-18/h1-7H,8H2,(H,19,20). The van der Waals surface area contributed by atoms with E-state index >= 15 is 0 Å². The van der Waals surface area contributed by atoms with E-state index in [2.05, 4.69) is 26.2 Å². The lowest BCUT2D eigenvalue weighted by molar-refractivity contribution is 0.0697. The number of aromatic carboxylic acids is 1. The van der Waals surface area contributed by atoms with E-state index in [1.165, 1.54) is 6.07 Å². The van der Waals surface area contributed by atoms with E-state index in [9.17, 15) is 4.79 Å². The molecule has 1 heterocycles. The van der Waals surface area contributed by atoms with Crippen molar-refractivity contribution in [1.29, 1.82) is 0 Å². The Morgan fingerprint density at radius 1 is 1.25 bits per heavy atom. The molecule has 0 saturated carbocycles. The van der Waals surface area contributed by atoms with Gasteiger partial charge in [-0.15, -0.1) is 5.10 Å². The molecule has 0 amide bonds. The number of nitrogens with zero attached hydrogens (tertiary/aromatic N) is 3. The van der Waals surface area contributed by atoms with Crippen LogP contribution >= 0.6 is 15.9 Å². The third-order valence-corrected chi connectivity index (χ3v) is 3.81. The second-order valence-corrected chi connectivity index (χ2v) is 5.20. The van der Waals surface area contributed by atoms with Gasteiger partial charge in [-0.05, 0) is 29.8 Å². The van der Waals surface area contributed by atoms with E-state index in [-0.39, 0.29) is 5.56 Å². The molecule has 3 rings (SSSR count). The van der Waals surface area contributed by atoms with Crippen LogP contribution in [0.3, 0.4) is 0 Å². The number of halogens is 1. The maximum Gasteiger partial charge on any atom is 0.335 e. The fraction of sp³-hybridized carbons (Fsp3) is 0.0714. The van der Waals surface area contributed by atoms with E-state index in [0.717, 1.165) is 10.0 Å². The van der Waals surface area contributed by atoms with Crippen LogP contribution in [0.15, 0.2) is 46.9 Å². The van der Waals surface area contributed by atoms with Crippen molar-refractivity contribution < 1.29 is 9.90 Å². The highest BCUT2D eigenvalue weighted by molar-refractivity contribution is 9.10. The van der Waals surface area contributed by atoms with E-state index in [1.54, 1.807) is 16.8 Å². The summed E-state index contributed by atoms with van der Waals surface area (Å²) < 4.78 is 2.68. The quantitative estimate of drug-likeness (QED) is 0.801. The molecule has 5 nitrogen and oxygen atoms in total. The molecule has 1 N–H and O–H groups in total. The highest BCUT2D eigenvalue weighted by Gasteiger charge is 2.10. The van der Waals surface area contributed by atoms with E-state index in [4.69, 9.17) is 5.11 Å². The van der Waals surface area contributed by atoms with Gasteiger partial charge in [0.05, 0.1) is 17.6 Å². The summed E-state index contributed by atoms with van der Waals surface area (Å²) in [6, 6.07) is 12.6. The fourth-order valence-corrected chi connectivity index (χ4v) is 2.41. The van der Waals surface area contributed by atoms with E-state index < -0.39 is 5.97 Å². The van der Waals surface area contributed by atoms with Gasteiger partial charge in [0.1, 0.15) is 5.52 Å². The first-order chi connectivity index (χ1) is 9.65. The molecule has 0 fully saturated rings. The van der Waals surface area contributed by atoms with Crippen molar-refractivity contribution in [2.75, 3.05) is 0 Å². The largest absolute Gasteiger partial charge is 0.478 e. The van der Waals surface area contributed by atoms with E-state index in [0.29, 0.717) is 17.6 Å². The zero-order valence-corrected chi connectivity index (χ0v) is 11.9. The van der Waals surface area contributed by atoms with Gasteiger partial charge >= 0.3 is 5.97 Å². The summed E-state index contributed by atoms with van der Waals surface area (Å²) in [7, 11) is 0. The summed E-state index contributed by atoms with van der Waals surface area (Å²) >= 11 is 3.49. The number of rotatable bonds is 3. The molecule has 6 heteroatoms. The predicted molar refractivity (Wildman–Crippen MR) is 77.7 cm³/mol. The van der Waals surface area contributed by atoms with Gasteiger partial charge in [0.15, 0.2) is 0 Å². The van der Waals surface area contributed by atoms with Crippen molar-refractivity contribution >= 4 is 32.9 Å². The number of carboxylic acids is 1. The number of aromatic nitrogens is 3. The predicted octanol–water partition coefficient (Wildman–Crippen LogP) is 2.94. The number of fused-ring (bicyclic) bond motifs is 1. The molecule has 0 bridgehead atoms. The SMILES string of the molecule is O=C(O)c1ccc2nnn(Cc3ccccc3Br)c2c1. The van der Waals surface area contributed by atoms with Crippen molar-refractivity contribution in [2.24, 2.45) is 0 Å². The average Bonchev–Trinajstić information content (AvgIpc) is 2.84. The molecule has 100 valence electrons. The van der Waals surface area contributed by atoms with Gasteiger partial charge in [0, 0.05) is 4.47 Å². The van der Waals surface area contributed by atoms with Crippen molar-refractivity contribution in [3.05, 3.63) is 58.1 Å². The van der Waals surface area contributed by atoms with Crippen molar-refractivity contribution in [3.8, 4) is 0 Å². The smallest absolute Gasteiger partial charge is 0.335 e.